The first-order chi connectivity index (χ1) is 7.00. The Labute approximate surface area is 114 Å². The van der Waals surface area contributed by atoms with Crippen LogP contribution in [0.3, 0.4) is 0 Å². The van der Waals surface area contributed by atoms with Crippen LogP contribution in [0.4, 0.5) is 5.69 Å². The van der Waals surface area contributed by atoms with Gasteiger partial charge in [0.25, 0.3) is 0 Å². The summed E-state index contributed by atoms with van der Waals surface area (Å²) in [5.74, 6) is 0. The quantitative estimate of drug-likeness (QED) is 0.470. The van der Waals surface area contributed by atoms with Crippen molar-refractivity contribution >= 4 is 11.4 Å². The monoisotopic (exact) mass is 326 g/mol. The van der Waals surface area contributed by atoms with Crippen LogP contribution in [-0.2, 0) is 5.41 Å². The summed E-state index contributed by atoms with van der Waals surface area (Å²) in [6.45, 7) is 6.47. The molecular formula is C13H15IN2. The van der Waals surface area contributed by atoms with E-state index in [0.717, 1.165) is 16.8 Å². The molecule has 0 fully saturated rings. The van der Waals surface area contributed by atoms with Crippen LogP contribution in [0.25, 0.3) is 0 Å². The number of rotatable bonds is 0. The van der Waals surface area contributed by atoms with Crippen LogP contribution in [0.5, 0.6) is 0 Å². The first kappa shape index (κ1) is 13.2. The zero-order valence-electron chi connectivity index (χ0n) is 10.0. The molecule has 1 heterocycles. The number of nitrogens with zero attached hydrogens (tertiary/aromatic N) is 2. The molecule has 1 aromatic rings. The number of hydrogen-bond donors (Lipinski definition) is 0. The summed E-state index contributed by atoms with van der Waals surface area (Å²) in [5.41, 5.74) is 4.38. The lowest BCUT2D eigenvalue weighted by atomic mass is 9.80. The highest BCUT2D eigenvalue weighted by Gasteiger charge is 2.43. The predicted molar refractivity (Wildman–Crippen MR) is 60.7 cm³/mol. The third-order valence-corrected chi connectivity index (χ3v) is 3.56. The van der Waals surface area contributed by atoms with Crippen molar-refractivity contribution in [1.82, 2.24) is 0 Å². The van der Waals surface area contributed by atoms with E-state index in [0.29, 0.717) is 0 Å². The molecule has 1 aromatic carbocycles. The summed E-state index contributed by atoms with van der Waals surface area (Å²) >= 11 is 0. The third-order valence-electron chi connectivity index (χ3n) is 3.56. The van der Waals surface area contributed by atoms with Crippen molar-refractivity contribution in [3.8, 4) is 6.07 Å². The highest BCUT2D eigenvalue weighted by Crippen LogP contribution is 2.40. The Morgan fingerprint density at radius 3 is 2.50 bits per heavy atom. The molecule has 84 valence electrons. The molecular weight excluding hydrogens is 311 g/mol. The van der Waals surface area contributed by atoms with Gasteiger partial charge in [-0.15, -0.1) is 0 Å². The molecule has 0 bridgehead atoms. The van der Waals surface area contributed by atoms with Crippen molar-refractivity contribution in [2.75, 3.05) is 7.05 Å². The average molecular weight is 326 g/mol. The maximum atomic E-state index is 9.13. The molecule has 0 saturated heterocycles. The molecule has 0 radical (unpaired) electrons. The van der Waals surface area contributed by atoms with Crippen LogP contribution in [0.1, 0.15) is 31.9 Å². The fourth-order valence-electron chi connectivity index (χ4n) is 2.35. The summed E-state index contributed by atoms with van der Waals surface area (Å²) in [6, 6.07) is 8.20. The van der Waals surface area contributed by atoms with Gasteiger partial charge in [0.1, 0.15) is 7.05 Å². The first-order valence-electron chi connectivity index (χ1n) is 5.11. The third kappa shape index (κ3) is 1.56. The highest BCUT2D eigenvalue weighted by molar-refractivity contribution is 5.94. The minimum Gasteiger partial charge on any atom is -1.00 e. The van der Waals surface area contributed by atoms with E-state index in [1.165, 1.54) is 5.71 Å². The Hall–Kier alpha value is -0.890. The van der Waals surface area contributed by atoms with Gasteiger partial charge in [0.15, 0.2) is 5.71 Å². The second-order valence-electron chi connectivity index (χ2n) is 4.58. The van der Waals surface area contributed by atoms with Gasteiger partial charge in [-0.05, 0) is 19.9 Å². The molecule has 0 aromatic heterocycles. The van der Waals surface area contributed by atoms with E-state index in [9.17, 15) is 0 Å². The van der Waals surface area contributed by atoms with Gasteiger partial charge in [0, 0.05) is 13.0 Å². The van der Waals surface area contributed by atoms with Crippen molar-refractivity contribution in [3.05, 3.63) is 29.3 Å². The van der Waals surface area contributed by atoms with E-state index in [1.54, 1.807) is 0 Å². The number of halogens is 1. The van der Waals surface area contributed by atoms with Crippen molar-refractivity contribution in [3.63, 3.8) is 0 Å². The molecule has 0 N–H and O–H groups in total. The predicted octanol–water partition coefficient (Wildman–Crippen LogP) is -0.412. The smallest absolute Gasteiger partial charge is 0.210 e. The lowest BCUT2D eigenvalue weighted by Crippen LogP contribution is -3.00. The van der Waals surface area contributed by atoms with E-state index in [4.69, 9.17) is 5.26 Å². The second kappa shape index (κ2) is 4.17. The second-order valence-corrected chi connectivity index (χ2v) is 4.58. The van der Waals surface area contributed by atoms with E-state index in [1.807, 2.05) is 12.1 Å². The summed E-state index contributed by atoms with van der Waals surface area (Å²) in [5, 5.41) is 9.13. The van der Waals surface area contributed by atoms with Gasteiger partial charge in [0.2, 0.25) is 5.69 Å². The molecule has 0 aliphatic carbocycles. The van der Waals surface area contributed by atoms with Crippen LogP contribution in [-0.4, -0.2) is 17.3 Å². The van der Waals surface area contributed by atoms with Crippen molar-refractivity contribution in [1.29, 1.82) is 5.26 Å². The Morgan fingerprint density at radius 1 is 1.31 bits per heavy atom. The van der Waals surface area contributed by atoms with E-state index >= 15 is 0 Å². The minimum absolute atomic E-state index is 0. The molecule has 1 aliphatic heterocycles. The number of hydrogen-bond acceptors (Lipinski definition) is 1. The standard InChI is InChI=1S/C13H15N2.HI/c1-9-13(2,3)12-10(8-14)6-5-7-11(12)15(9)4;/h5-7H,1-4H3;1H/q+1;/p-1. The minimum atomic E-state index is -0.0313. The fraction of sp³-hybridized carbons (Fsp3) is 0.385. The first-order valence-corrected chi connectivity index (χ1v) is 5.11. The number of nitriles is 1. The molecule has 1 aliphatic rings. The SMILES string of the molecule is CC1=[N+](C)c2cccc(C#N)c2C1(C)C.[I-]. The van der Waals surface area contributed by atoms with Crippen molar-refractivity contribution < 1.29 is 28.6 Å². The number of fused-ring (bicyclic) bond motifs is 1. The zero-order valence-corrected chi connectivity index (χ0v) is 12.2. The van der Waals surface area contributed by atoms with Gasteiger partial charge in [0.05, 0.1) is 22.6 Å². The van der Waals surface area contributed by atoms with Crippen molar-refractivity contribution in [2.24, 2.45) is 0 Å². The lowest BCUT2D eigenvalue weighted by molar-refractivity contribution is -0.403. The Balaban J connectivity index is 0.00000128. The number of benzene rings is 1. The summed E-state index contributed by atoms with van der Waals surface area (Å²) in [6.07, 6.45) is 0. The van der Waals surface area contributed by atoms with E-state index < -0.39 is 0 Å². The van der Waals surface area contributed by atoms with Gasteiger partial charge < -0.3 is 24.0 Å². The zero-order chi connectivity index (χ0) is 11.2. The lowest BCUT2D eigenvalue weighted by Gasteiger charge is -2.15. The van der Waals surface area contributed by atoms with Crippen LogP contribution in [0, 0.1) is 11.3 Å². The molecule has 0 saturated carbocycles. The topological polar surface area (TPSA) is 26.8 Å². The van der Waals surface area contributed by atoms with Crippen LogP contribution < -0.4 is 24.0 Å². The van der Waals surface area contributed by atoms with Crippen LogP contribution >= 0.6 is 0 Å². The molecule has 2 rings (SSSR count). The Kier molecular flexibility index (Phi) is 3.44. The largest absolute Gasteiger partial charge is 1.00 e. The average Bonchev–Trinajstić information content (AvgIpc) is 2.41. The van der Waals surface area contributed by atoms with Gasteiger partial charge >= 0.3 is 0 Å². The Bertz CT molecular complexity index is 507. The summed E-state index contributed by atoms with van der Waals surface area (Å²) in [4.78, 5) is 0. The van der Waals surface area contributed by atoms with Gasteiger partial charge in [-0.1, -0.05) is 6.07 Å². The van der Waals surface area contributed by atoms with Gasteiger partial charge in [-0.2, -0.15) is 5.26 Å². The normalized spacial score (nSPS) is 16.4. The molecule has 0 unspecified atom stereocenters. The highest BCUT2D eigenvalue weighted by atomic mass is 127. The van der Waals surface area contributed by atoms with Gasteiger partial charge in [-0.3, -0.25) is 0 Å². The molecule has 16 heavy (non-hydrogen) atoms. The molecule has 2 nitrogen and oxygen atoms in total. The molecule has 0 spiro atoms. The summed E-state index contributed by atoms with van der Waals surface area (Å²) in [7, 11) is 2.06. The van der Waals surface area contributed by atoms with Crippen LogP contribution in [0.15, 0.2) is 18.2 Å². The molecule has 0 atom stereocenters. The fourth-order valence-corrected chi connectivity index (χ4v) is 2.35. The van der Waals surface area contributed by atoms with E-state index in [2.05, 4.69) is 44.5 Å². The maximum Gasteiger partial charge on any atom is 0.210 e. The van der Waals surface area contributed by atoms with Crippen molar-refractivity contribution in [2.45, 2.75) is 26.2 Å². The van der Waals surface area contributed by atoms with Gasteiger partial charge in [-0.25, -0.2) is 4.58 Å². The maximum absolute atomic E-state index is 9.13. The van der Waals surface area contributed by atoms with E-state index in [-0.39, 0.29) is 29.4 Å². The Morgan fingerprint density at radius 2 is 1.94 bits per heavy atom. The molecule has 0 amide bonds. The summed E-state index contributed by atoms with van der Waals surface area (Å²) < 4.78 is 2.18. The molecule has 3 heteroatoms. The van der Waals surface area contributed by atoms with Crippen LogP contribution in [0.2, 0.25) is 0 Å².